The van der Waals surface area contributed by atoms with Crippen LogP contribution in [-0.2, 0) is 4.79 Å². The maximum absolute atomic E-state index is 10.1. The zero-order chi connectivity index (χ0) is 9.23. The molecule has 0 atom stereocenters. The number of aliphatic carboxylic acids is 1. The Morgan fingerprint density at radius 1 is 1.42 bits per heavy atom. The van der Waals surface area contributed by atoms with Crippen LogP contribution in [-0.4, -0.2) is 11.1 Å². The van der Waals surface area contributed by atoms with Gasteiger partial charge in [-0.25, -0.2) is 0 Å². The van der Waals surface area contributed by atoms with E-state index in [0.717, 1.165) is 12.8 Å². The summed E-state index contributed by atoms with van der Waals surface area (Å²) in [5, 5.41) is 16.5. The number of rotatable bonds is 6. The van der Waals surface area contributed by atoms with Crippen molar-refractivity contribution in [3.63, 3.8) is 0 Å². The first-order valence-corrected chi connectivity index (χ1v) is 4.01. The Kier molecular flexibility index (Phi) is 6.96. The van der Waals surface area contributed by atoms with Crippen LogP contribution in [0.2, 0.25) is 0 Å². The molecule has 0 amide bonds. The molecular weight excluding hydrogens is 154 g/mol. The maximum Gasteiger partial charge on any atom is 0.303 e. The summed E-state index contributed by atoms with van der Waals surface area (Å²) in [4.78, 5) is 10.1. The molecule has 3 heteroatoms. The predicted molar refractivity (Wildman–Crippen MR) is 45.5 cm³/mol. The number of nitrogens with zero attached hydrogens (tertiary/aromatic N) is 1. The van der Waals surface area contributed by atoms with Crippen LogP contribution in [0.15, 0.2) is 12.2 Å². The Labute approximate surface area is 72.3 Å². The van der Waals surface area contributed by atoms with Crippen LogP contribution in [0.1, 0.15) is 32.1 Å². The largest absolute Gasteiger partial charge is 0.481 e. The van der Waals surface area contributed by atoms with Gasteiger partial charge in [-0.2, -0.15) is 5.26 Å². The maximum atomic E-state index is 10.1. The molecule has 0 fully saturated rings. The van der Waals surface area contributed by atoms with Gasteiger partial charge in [-0.05, 0) is 19.3 Å². The molecule has 0 aliphatic heterocycles. The normalized spacial score (nSPS) is 9.92. The number of nitriles is 1. The molecule has 0 aromatic heterocycles. The van der Waals surface area contributed by atoms with Crippen LogP contribution in [0.4, 0.5) is 0 Å². The van der Waals surface area contributed by atoms with Crippen molar-refractivity contribution in [2.45, 2.75) is 32.1 Å². The van der Waals surface area contributed by atoms with Crippen molar-refractivity contribution in [2.75, 3.05) is 0 Å². The topological polar surface area (TPSA) is 61.1 Å². The molecule has 0 aromatic rings. The van der Waals surface area contributed by atoms with Crippen molar-refractivity contribution in [3.05, 3.63) is 12.2 Å². The molecule has 0 aliphatic carbocycles. The minimum Gasteiger partial charge on any atom is -0.481 e. The van der Waals surface area contributed by atoms with E-state index in [9.17, 15) is 4.79 Å². The fourth-order valence-electron chi connectivity index (χ4n) is 0.755. The van der Waals surface area contributed by atoms with Gasteiger partial charge in [0.05, 0.1) is 6.07 Å². The van der Waals surface area contributed by atoms with Gasteiger partial charge in [0.15, 0.2) is 0 Å². The molecule has 0 saturated carbocycles. The predicted octanol–water partition coefficient (Wildman–Crippen LogP) is 2.10. The average Bonchev–Trinajstić information content (AvgIpc) is 2.02. The molecule has 0 radical (unpaired) electrons. The van der Waals surface area contributed by atoms with Gasteiger partial charge in [0.1, 0.15) is 0 Å². The zero-order valence-corrected chi connectivity index (χ0v) is 6.99. The molecule has 0 aliphatic rings. The average molecular weight is 167 g/mol. The van der Waals surface area contributed by atoms with Crippen molar-refractivity contribution in [1.82, 2.24) is 0 Å². The third-order valence-electron chi connectivity index (χ3n) is 1.35. The summed E-state index contributed by atoms with van der Waals surface area (Å²) < 4.78 is 0. The molecule has 3 nitrogen and oxygen atoms in total. The number of hydrogen-bond acceptors (Lipinski definition) is 2. The zero-order valence-electron chi connectivity index (χ0n) is 6.99. The van der Waals surface area contributed by atoms with Crippen LogP contribution in [0.5, 0.6) is 0 Å². The Bertz CT molecular complexity index is 191. The van der Waals surface area contributed by atoms with Crippen LogP contribution in [0, 0.1) is 11.3 Å². The molecule has 0 rings (SSSR count). The SMILES string of the molecule is N#CCCC=CCCCC(=O)O. The third kappa shape index (κ3) is 8.70. The van der Waals surface area contributed by atoms with E-state index in [2.05, 4.69) is 0 Å². The second-order valence-corrected chi connectivity index (χ2v) is 2.45. The van der Waals surface area contributed by atoms with Gasteiger partial charge in [-0.15, -0.1) is 0 Å². The van der Waals surface area contributed by atoms with E-state index in [1.807, 2.05) is 18.2 Å². The minimum absolute atomic E-state index is 0.225. The Morgan fingerprint density at radius 2 is 2.08 bits per heavy atom. The molecular formula is C9H13NO2. The van der Waals surface area contributed by atoms with E-state index in [1.54, 1.807) is 0 Å². The summed E-state index contributed by atoms with van der Waals surface area (Å²) in [5.74, 6) is -0.750. The number of unbranched alkanes of at least 4 members (excludes halogenated alkanes) is 2. The molecule has 0 bridgehead atoms. The fraction of sp³-hybridized carbons (Fsp3) is 0.556. The van der Waals surface area contributed by atoms with Crippen LogP contribution in [0.3, 0.4) is 0 Å². The lowest BCUT2D eigenvalue weighted by Gasteiger charge is -1.89. The summed E-state index contributed by atoms with van der Waals surface area (Å²) in [7, 11) is 0. The highest BCUT2D eigenvalue weighted by molar-refractivity contribution is 5.66. The van der Waals surface area contributed by atoms with Gasteiger partial charge in [0, 0.05) is 12.8 Å². The molecule has 0 heterocycles. The van der Waals surface area contributed by atoms with Gasteiger partial charge in [0.2, 0.25) is 0 Å². The lowest BCUT2D eigenvalue weighted by Crippen LogP contribution is -1.92. The van der Waals surface area contributed by atoms with Crippen LogP contribution in [0.25, 0.3) is 0 Å². The first kappa shape index (κ1) is 10.7. The summed E-state index contributed by atoms with van der Waals surface area (Å²) in [5.41, 5.74) is 0. The van der Waals surface area contributed by atoms with Gasteiger partial charge < -0.3 is 5.11 Å². The fourth-order valence-corrected chi connectivity index (χ4v) is 0.755. The van der Waals surface area contributed by atoms with Gasteiger partial charge in [-0.1, -0.05) is 12.2 Å². The summed E-state index contributed by atoms with van der Waals surface area (Å²) in [6.45, 7) is 0. The Morgan fingerprint density at radius 3 is 2.67 bits per heavy atom. The highest BCUT2D eigenvalue weighted by atomic mass is 16.4. The number of hydrogen-bond donors (Lipinski definition) is 1. The quantitative estimate of drug-likeness (QED) is 0.486. The van der Waals surface area contributed by atoms with E-state index >= 15 is 0 Å². The van der Waals surface area contributed by atoms with Gasteiger partial charge >= 0.3 is 5.97 Å². The van der Waals surface area contributed by atoms with Crippen molar-refractivity contribution >= 4 is 5.97 Å². The highest BCUT2D eigenvalue weighted by Gasteiger charge is 1.92. The second kappa shape index (κ2) is 7.80. The summed E-state index contributed by atoms with van der Waals surface area (Å²) in [6.07, 6.45) is 6.85. The minimum atomic E-state index is -0.750. The Hall–Kier alpha value is -1.30. The summed E-state index contributed by atoms with van der Waals surface area (Å²) in [6, 6.07) is 2.03. The van der Waals surface area contributed by atoms with E-state index in [-0.39, 0.29) is 6.42 Å². The number of carboxylic acids is 1. The Balaban J connectivity index is 3.14. The number of carbonyl (C=O) groups is 1. The molecule has 0 saturated heterocycles. The smallest absolute Gasteiger partial charge is 0.303 e. The molecule has 12 heavy (non-hydrogen) atoms. The van der Waals surface area contributed by atoms with Crippen molar-refractivity contribution in [2.24, 2.45) is 0 Å². The number of carboxylic acid groups (broad SMARTS) is 1. The molecule has 0 aromatic carbocycles. The van der Waals surface area contributed by atoms with E-state index in [1.165, 1.54) is 0 Å². The van der Waals surface area contributed by atoms with Crippen LogP contribution < -0.4 is 0 Å². The highest BCUT2D eigenvalue weighted by Crippen LogP contribution is 1.98. The van der Waals surface area contributed by atoms with Crippen LogP contribution >= 0.6 is 0 Å². The first-order chi connectivity index (χ1) is 5.77. The van der Waals surface area contributed by atoms with Crippen molar-refractivity contribution in [1.29, 1.82) is 5.26 Å². The molecule has 0 unspecified atom stereocenters. The van der Waals surface area contributed by atoms with E-state index in [4.69, 9.17) is 10.4 Å². The molecule has 1 N–H and O–H groups in total. The van der Waals surface area contributed by atoms with Crippen molar-refractivity contribution < 1.29 is 9.90 Å². The lowest BCUT2D eigenvalue weighted by molar-refractivity contribution is -0.137. The number of allylic oxidation sites excluding steroid dienone is 2. The van der Waals surface area contributed by atoms with Gasteiger partial charge in [-0.3, -0.25) is 4.79 Å². The van der Waals surface area contributed by atoms with Crippen molar-refractivity contribution in [3.8, 4) is 6.07 Å². The van der Waals surface area contributed by atoms with Gasteiger partial charge in [0.25, 0.3) is 0 Å². The monoisotopic (exact) mass is 167 g/mol. The summed E-state index contributed by atoms with van der Waals surface area (Å²) >= 11 is 0. The second-order valence-electron chi connectivity index (χ2n) is 2.45. The van der Waals surface area contributed by atoms with E-state index in [0.29, 0.717) is 12.8 Å². The third-order valence-corrected chi connectivity index (χ3v) is 1.35. The standard InChI is InChI=1S/C9H13NO2/c10-8-6-4-2-1-3-5-7-9(11)12/h1-2H,3-7H2,(H,11,12). The molecule has 66 valence electrons. The van der Waals surface area contributed by atoms with E-state index < -0.39 is 5.97 Å². The first-order valence-electron chi connectivity index (χ1n) is 4.01. The lowest BCUT2D eigenvalue weighted by atomic mass is 10.2. The molecule has 0 spiro atoms.